The lowest BCUT2D eigenvalue weighted by atomic mass is 9.85. The van der Waals surface area contributed by atoms with Gasteiger partial charge in [-0.3, -0.25) is 4.79 Å². The average Bonchev–Trinajstić information content (AvgIpc) is 2.19. The van der Waals surface area contributed by atoms with Crippen LogP contribution in [0.1, 0.15) is 29.6 Å². The topological polar surface area (TPSA) is 29.1 Å². The second-order valence-corrected chi connectivity index (χ2v) is 4.99. The molecular weight excluding hydrogens is 273 g/mol. The van der Waals surface area contributed by atoms with E-state index in [9.17, 15) is 9.18 Å². The molecule has 1 aromatic rings. The summed E-state index contributed by atoms with van der Waals surface area (Å²) in [5.41, 5.74) is 0.375. The molecule has 2 rings (SSSR count). The summed E-state index contributed by atoms with van der Waals surface area (Å²) in [6, 6.07) is 4.41. The number of amides is 1. The van der Waals surface area contributed by atoms with Gasteiger partial charge in [0.2, 0.25) is 0 Å². The molecule has 0 unspecified atom stereocenters. The second-order valence-electron chi connectivity index (χ2n) is 4.14. The van der Waals surface area contributed by atoms with Crippen LogP contribution >= 0.6 is 15.9 Å². The zero-order chi connectivity index (χ0) is 11.5. The van der Waals surface area contributed by atoms with Crippen LogP contribution in [0.4, 0.5) is 4.39 Å². The molecule has 0 radical (unpaired) electrons. The van der Waals surface area contributed by atoms with Gasteiger partial charge in [-0.05, 0) is 52.9 Å². The van der Waals surface area contributed by atoms with Crippen LogP contribution in [-0.2, 0) is 0 Å². The molecule has 16 heavy (non-hydrogen) atoms. The van der Waals surface area contributed by atoms with E-state index in [4.69, 9.17) is 0 Å². The molecule has 2 nitrogen and oxygen atoms in total. The normalized spacial score (nSPS) is 15.6. The number of benzene rings is 1. The van der Waals surface area contributed by atoms with Crippen molar-refractivity contribution >= 4 is 21.8 Å². The highest BCUT2D eigenvalue weighted by atomic mass is 79.9. The highest BCUT2D eigenvalue weighted by Gasteiger charge is 2.18. The molecule has 0 atom stereocenters. The van der Waals surface area contributed by atoms with E-state index >= 15 is 0 Å². The number of hydrogen-bond acceptors (Lipinski definition) is 1. The number of hydrogen-bond donors (Lipinski definition) is 1. The summed E-state index contributed by atoms with van der Waals surface area (Å²) in [6.45, 7) is 0.705. The fourth-order valence-corrected chi connectivity index (χ4v) is 1.92. The summed E-state index contributed by atoms with van der Waals surface area (Å²) < 4.78 is 13.6. The Bertz CT molecular complexity index is 404. The largest absolute Gasteiger partial charge is 0.352 e. The van der Waals surface area contributed by atoms with Crippen molar-refractivity contribution in [1.29, 1.82) is 0 Å². The van der Waals surface area contributed by atoms with Crippen molar-refractivity contribution in [2.24, 2.45) is 5.92 Å². The van der Waals surface area contributed by atoms with Crippen LogP contribution in [0.15, 0.2) is 22.7 Å². The van der Waals surface area contributed by atoms with Crippen molar-refractivity contribution in [2.45, 2.75) is 19.3 Å². The molecule has 0 bridgehead atoms. The first-order valence-corrected chi connectivity index (χ1v) is 6.19. The summed E-state index contributed by atoms with van der Waals surface area (Å²) in [7, 11) is 0. The van der Waals surface area contributed by atoms with E-state index in [1.54, 1.807) is 12.1 Å². The average molecular weight is 286 g/mol. The monoisotopic (exact) mass is 285 g/mol. The van der Waals surface area contributed by atoms with Crippen molar-refractivity contribution in [2.75, 3.05) is 6.54 Å². The number of halogens is 2. The third-order valence-corrected chi connectivity index (χ3v) is 3.60. The van der Waals surface area contributed by atoms with Crippen LogP contribution in [-0.4, -0.2) is 12.5 Å². The molecule has 1 fully saturated rings. The molecule has 1 saturated carbocycles. The van der Waals surface area contributed by atoms with E-state index in [1.807, 2.05) is 0 Å². The van der Waals surface area contributed by atoms with Gasteiger partial charge in [0.25, 0.3) is 5.91 Å². The number of rotatable bonds is 3. The first-order valence-electron chi connectivity index (χ1n) is 5.40. The first kappa shape index (κ1) is 11.6. The van der Waals surface area contributed by atoms with Crippen LogP contribution < -0.4 is 5.32 Å². The minimum atomic E-state index is -0.406. The predicted molar refractivity (Wildman–Crippen MR) is 63.8 cm³/mol. The highest BCUT2D eigenvalue weighted by Crippen LogP contribution is 2.25. The Balaban J connectivity index is 1.94. The molecule has 0 saturated heterocycles. The van der Waals surface area contributed by atoms with E-state index in [2.05, 4.69) is 21.2 Å². The fourth-order valence-electron chi connectivity index (χ4n) is 1.67. The summed E-state index contributed by atoms with van der Waals surface area (Å²) >= 11 is 3.05. The lowest BCUT2D eigenvalue weighted by Gasteiger charge is -2.25. The SMILES string of the molecule is O=C(NCC1CCC1)c1ccc(Br)c(F)c1. The Morgan fingerprint density at radius 2 is 2.25 bits per heavy atom. The van der Waals surface area contributed by atoms with Crippen molar-refractivity contribution in [3.05, 3.63) is 34.1 Å². The molecule has 0 spiro atoms. The highest BCUT2D eigenvalue weighted by molar-refractivity contribution is 9.10. The summed E-state index contributed by atoms with van der Waals surface area (Å²) in [4.78, 5) is 11.7. The molecule has 1 aliphatic carbocycles. The van der Waals surface area contributed by atoms with Gasteiger partial charge < -0.3 is 5.32 Å². The molecule has 0 aromatic heterocycles. The van der Waals surface area contributed by atoms with Gasteiger partial charge in [0, 0.05) is 12.1 Å². The molecule has 4 heteroatoms. The quantitative estimate of drug-likeness (QED) is 0.908. The van der Waals surface area contributed by atoms with Crippen molar-refractivity contribution < 1.29 is 9.18 Å². The van der Waals surface area contributed by atoms with Crippen LogP contribution in [0.2, 0.25) is 0 Å². The Kier molecular flexibility index (Phi) is 3.59. The van der Waals surface area contributed by atoms with Gasteiger partial charge in [-0.2, -0.15) is 0 Å². The van der Waals surface area contributed by atoms with Crippen molar-refractivity contribution in [3.63, 3.8) is 0 Å². The molecule has 86 valence electrons. The van der Waals surface area contributed by atoms with Gasteiger partial charge in [0.15, 0.2) is 0 Å². The number of carbonyl (C=O) groups excluding carboxylic acids is 1. The third-order valence-electron chi connectivity index (χ3n) is 2.96. The standard InChI is InChI=1S/C12H13BrFNO/c13-10-5-4-9(6-11(10)14)12(16)15-7-8-2-1-3-8/h4-6,8H,1-3,7H2,(H,15,16). The minimum absolute atomic E-state index is 0.196. The van der Waals surface area contributed by atoms with Crippen LogP contribution in [0, 0.1) is 11.7 Å². The lowest BCUT2D eigenvalue weighted by molar-refractivity contribution is 0.0938. The van der Waals surface area contributed by atoms with E-state index in [1.165, 1.54) is 25.3 Å². The molecule has 1 amide bonds. The molecule has 1 N–H and O–H groups in total. The zero-order valence-electron chi connectivity index (χ0n) is 8.80. The number of carbonyl (C=O) groups is 1. The summed E-state index contributed by atoms with van der Waals surface area (Å²) in [5, 5.41) is 2.83. The second kappa shape index (κ2) is 4.95. The minimum Gasteiger partial charge on any atom is -0.352 e. The van der Waals surface area contributed by atoms with Gasteiger partial charge in [-0.25, -0.2) is 4.39 Å². The fraction of sp³-hybridized carbons (Fsp3) is 0.417. The van der Waals surface area contributed by atoms with Crippen molar-refractivity contribution in [3.8, 4) is 0 Å². The summed E-state index contributed by atoms with van der Waals surface area (Å²) in [5.74, 6) is 0.0128. The van der Waals surface area contributed by atoms with Gasteiger partial charge >= 0.3 is 0 Å². The molecule has 1 aromatic carbocycles. The molecule has 0 aliphatic heterocycles. The maximum Gasteiger partial charge on any atom is 0.251 e. The predicted octanol–water partition coefficient (Wildman–Crippen LogP) is 3.12. The van der Waals surface area contributed by atoms with Gasteiger partial charge in [0.1, 0.15) is 5.82 Å². The molecular formula is C12H13BrFNO. The Morgan fingerprint density at radius 3 is 2.81 bits per heavy atom. The van der Waals surface area contributed by atoms with E-state index in [-0.39, 0.29) is 5.91 Å². The smallest absolute Gasteiger partial charge is 0.251 e. The maximum absolute atomic E-state index is 13.2. The van der Waals surface area contributed by atoms with E-state index < -0.39 is 5.82 Å². The van der Waals surface area contributed by atoms with Gasteiger partial charge in [0.05, 0.1) is 4.47 Å². The maximum atomic E-state index is 13.2. The Labute approximate surface area is 102 Å². The van der Waals surface area contributed by atoms with E-state index in [0.717, 1.165) is 0 Å². The Hall–Kier alpha value is -0.900. The third kappa shape index (κ3) is 2.61. The Morgan fingerprint density at radius 1 is 1.50 bits per heavy atom. The van der Waals surface area contributed by atoms with Crippen LogP contribution in [0.3, 0.4) is 0 Å². The molecule has 1 aliphatic rings. The van der Waals surface area contributed by atoms with Gasteiger partial charge in [-0.1, -0.05) is 6.42 Å². The van der Waals surface area contributed by atoms with Gasteiger partial charge in [-0.15, -0.1) is 0 Å². The van der Waals surface area contributed by atoms with Crippen LogP contribution in [0.25, 0.3) is 0 Å². The first-order chi connectivity index (χ1) is 7.66. The van der Waals surface area contributed by atoms with Crippen LogP contribution in [0.5, 0.6) is 0 Å². The van der Waals surface area contributed by atoms with E-state index in [0.29, 0.717) is 22.5 Å². The zero-order valence-corrected chi connectivity index (χ0v) is 10.4. The number of nitrogens with one attached hydrogen (secondary N) is 1. The van der Waals surface area contributed by atoms with Crippen molar-refractivity contribution in [1.82, 2.24) is 5.32 Å². The molecule has 0 heterocycles. The lowest BCUT2D eigenvalue weighted by Crippen LogP contribution is -2.32. The summed E-state index contributed by atoms with van der Waals surface area (Å²) in [6.07, 6.45) is 3.64.